The van der Waals surface area contributed by atoms with E-state index in [0.717, 1.165) is 22.4 Å². The van der Waals surface area contributed by atoms with Gasteiger partial charge in [-0.2, -0.15) is 0 Å². The van der Waals surface area contributed by atoms with Crippen molar-refractivity contribution >= 4 is 39.1 Å². The van der Waals surface area contributed by atoms with E-state index in [-0.39, 0.29) is 11.8 Å². The molecule has 1 aliphatic heterocycles. The van der Waals surface area contributed by atoms with Crippen LogP contribution in [0.4, 0.5) is 0 Å². The highest BCUT2D eigenvalue weighted by atomic mass is 79.9. The summed E-state index contributed by atoms with van der Waals surface area (Å²) in [7, 11) is 0. The Labute approximate surface area is 171 Å². The number of likely N-dealkylation sites (tertiary alicyclic amines) is 1. The first-order valence-electron chi connectivity index (χ1n) is 9.06. The van der Waals surface area contributed by atoms with Gasteiger partial charge < -0.3 is 15.0 Å². The molecule has 5 nitrogen and oxygen atoms in total. The van der Waals surface area contributed by atoms with Gasteiger partial charge in [0.05, 0.1) is 15.3 Å². The number of halogens is 1. The summed E-state index contributed by atoms with van der Waals surface area (Å²) >= 11 is 4.70. The summed E-state index contributed by atoms with van der Waals surface area (Å²) in [5.74, 6) is 1.09. The van der Waals surface area contributed by atoms with Gasteiger partial charge in [0.1, 0.15) is 11.8 Å². The predicted octanol–water partition coefficient (Wildman–Crippen LogP) is 3.95. The van der Waals surface area contributed by atoms with Crippen LogP contribution in [0, 0.1) is 5.92 Å². The van der Waals surface area contributed by atoms with Crippen molar-refractivity contribution in [2.45, 2.75) is 25.8 Å². The zero-order valence-corrected chi connectivity index (χ0v) is 17.6. The van der Waals surface area contributed by atoms with Crippen molar-refractivity contribution < 1.29 is 14.3 Å². The van der Waals surface area contributed by atoms with E-state index < -0.39 is 6.04 Å². The molecule has 0 bridgehead atoms. The van der Waals surface area contributed by atoms with Crippen LogP contribution in [0.2, 0.25) is 0 Å². The standard InChI is InChI=1S/C20H23BrN2O3S/c1-14(22-19(24)17-7-8-18(21)27-17)20(25)23-11-9-15(10-12-23)13-26-16-5-3-2-4-6-16/h2-8,14-15H,9-13H2,1H3,(H,22,24). The monoisotopic (exact) mass is 450 g/mol. The third-order valence-electron chi connectivity index (χ3n) is 4.67. The Kier molecular flexibility index (Phi) is 6.90. The average Bonchev–Trinajstić information content (AvgIpc) is 3.13. The largest absolute Gasteiger partial charge is 0.493 e. The lowest BCUT2D eigenvalue weighted by Crippen LogP contribution is -2.49. The molecule has 0 spiro atoms. The summed E-state index contributed by atoms with van der Waals surface area (Å²) in [6.45, 7) is 3.82. The van der Waals surface area contributed by atoms with Crippen LogP contribution in [0.3, 0.4) is 0 Å². The molecule has 1 fully saturated rings. The summed E-state index contributed by atoms with van der Waals surface area (Å²) in [5, 5.41) is 2.80. The molecule has 27 heavy (non-hydrogen) atoms. The summed E-state index contributed by atoms with van der Waals surface area (Å²) in [4.78, 5) is 27.3. The number of carbonyl (C=O) groups excluding carboxylic acids is 2. The first kappa shape index (κ1) is 19.9. The average molecular weight is 451 g/mol. The highest BCUT2D eigenvalue weighted by Gasteiger charge is 2.27. The van der Waals surface area contributed by atoms with Crippen LogP contribution in [0.5, 0.6) is 5.75 Å². The van der Waals surface area contributed by atoms with Crippen molar-refractivity contribution in [1.82, 2.24) is 10.2 Å². The maximum Gasteiger partial charge on any atom is 0.262 e. The second-order valence-electron chi connectivity index (χ2n) is 6.69. The number of rotatable bonds is 6. The number of ether oxygens (including phenoxy) is 1. The number of nitrogens with one attached hydrogen (secondary N) is 1. The molecule has 2 amide bonds. The SMILES string of the molecule is CC(NC(=O)c1ccc(Br)s1)C(=O)N1CCC(COc2ccccc2)CC1. The molecular weight excluding hydrogens is 428 g/mol. The lowest BCUT2D eigenvalue weighted by molar-refractivity contribution is -0.134. The molecule has 1 atom stereocenters. The van der Waals surface area contributed by atoms with Gasteiger partial charge >= 0.3 is 0 Å². The molecule has 3 rings (SSSR count). The van der Waals surface area contributed by atoms with Gasteiger partial charge in [0.2, 0.25) is 5.91 Å². The van der Waals surface area contributed by atoms with Crippen molar-refractivity contribution in [3.63, 3.8) is 0 Å². The van der Waals surface area contributed by atoms with Crippen LogP contribution in [0.1, 0.15) is 29.4 Å². The molecule has 1 aromatic heterocycles. The number of para-hydroxylation sites is 1. The summed E-state index contributed by atoms with van der Waals surface area (Å²) in [6, 6.07) is 12.8. The Balaban J connectivity index is 1.43. The van der Waals surface area contributed by atoms with E-state index in [9.17, 15) is 9.59 Å². The summed E-state index contributed by atoms with van der Waals surface area (Å²) < 4.78 is 6.72. The van der Waals surface area contributed by atoms with Crippen molar-refractivity contribution in [2.24, 2.45) is 5.92 Å². The number of hydrogen-bond acceptors (Lipinski definition) is 4. The molecule has 7 heteroatoms. The molecule has 2 heterocycles. The van der Waals surface area contributed by atoms with Gasteiger partial charge in [0.25, 0.3) is 5.91 Å². The number of carbonyl (C=O) groups is 2. The first-order chi connectivity index (χ1) is 13.0. The summed E-state index contributed by atoms with van der Waals surface area (Å²) in [6.07, 6.45) is 1.83. The van der Waals surface area contributed by atoms with Gasteiger partial charge in [-0.3, -0.25) is 9.59 Å². The third-order valence-corrected chi connectivity index (χ3v) is 6.29. The Morgan fingerprint density at radius 2 is 1.93 bits per heavy atom. The van der Waals surface area contributed by atoms with Crippen LogP contribution in [-0.4, -0.2) is 42.5 Å². The van der Waals surface area contributed by atoms with E-state index in [1.54, 1.807) is 13.0 Å². The van der Waals surface area contributed by atoms with Crippen molar-refractivity contribution in [1.29, 1.82) is 0 Å². The van der Waals surface area contributed by atoms with Gasteiger partial charge in [-0.05, 0) is 65.9 Å². The highest BCUT2D eigenvalue weighted by molar-refractivity contribution is 9.11. The zero-order valence-electron chi connectivity index (χ0n) is 15.2. The molecule has 1 unspecified atom stereocenters. The van der Waals surface area contributed by atoms with Crippen LogP contribution in [-0.2, 0) is 4.79 Å². The molecule has 1 N–H and O–H groups in total. The predicted molar refractivity (Wildman–Crippen MR) is 110 cm³/mol. The fraction of sp³-hybridized carbons (Fsp3) is 0.400. The normalized spacial score (nSPS) is 16.0. The maximum absolute atomic E-state index is 12.6. The number of piperidine rings is 1. The molecule has 1 aromatic carbocycles. The Hall–Kier alpha value is -1.86. The smallest absolute Gasteiger partial charge is 0.262 e. The number of hydrogen-bond donors (Lipinski definition) is 1. The van der Waals surface area contributed by atoms with E-state index in [4.69, 9.17) is 4.74 Å². The van der Waals surface area contributed by atoms with Crippen LogP contribution in [0.25, 0.3) is 0 Å². The molecule has 2 aromatic rings. The first-order valence-corrected chi connectivity index (χ1v) is 10.7. The number of nitrogens with zero attached hydrogens (tertiary/aromatic N) is 1. The highest BCUT2D eigenvalue weighted by Crippen LogP contribution is 2.22. The second kappa shape index (κ2) is 9.37. The van der Waals surface area contributed by atoms with E-state index in [1.165, 1.54) is 11.3 Å². The lowest BCUT2D eigenvalue weighted by Gasteiger charge is -2.33. The molecule has 1 saturated heterocycles. The third kappa shape index (κ3) is 5.56. The lowest BCUT2D eigenvalue weighted by atomic mass is 9.97. The van der Waals surface area contributed by atoms with Crippen molar-refractivity contribution in [3.8, 4) is 5.75 Å². The number of benzene rings is 1. The Morgan fingerprint density at radius 3 is 2.56 bits per heavy atom. The molecule has 0 radical (unpaired) electrons. The summed E-state index contributed by atoms with van der Waals surface area (Å²) in [5.41, 5.74) is 0. The van der Waals surface area contributed by atoms with Crippen molar-refractivity contribution in [3.05, 3.63) is 51.1 Å². The topological polar surface area (TPSA) is 58.6 Å². The van der Waals surface area contributed by atoms with E-state index in [2.05, 4.69) is 21.2 Å². The van der Waals surface area contributed by atoms with Crippen LogP contribution >= 0.6 is 27.3 Å². The van der Waals surface area contributed by atoms with Crippen LogP contribution < -0.4 is 10.1 Å². The quantitative estimate of drug-likeness (QED) is 0.724. The second-order valence-corrected chi connectivity index (χ2v) is 9.15. The van der Waals surface area contributed by atoms with Crippen molar-refractivity contribution in [2.75, 3.05) is 19.7 Å². The maximum atomic E-state index is 12.6. The Morgan fingerprint density at radius 1 is 1.22 bits per heavy atom. The zero-order chi connectivity index (χ0) is 19.2. The molecule has 0 saturated carbocycles. The minimum absolute atomic E-state index is 0.0265. The van der Waals surface area contributed by atoms with Gasteiger partial charge in [0.15, 0.2) is 0 Å². The minimum atomic E-state index is -0.532. The number of amides is 2. The van der Waals surface area contributed by atoms with E-state index in [1.807, 2.05) is 41.3 Å². The minimum Gasteiger partial charge on any atom is -0.493 e. The van der Waals surface area contributed by atoms with Crippen LogP contribution in [0.15, 0.2) is 46.3 Å². The number of thiophene rings is 1. The molecule has 0 aliphatic carbocycles. The van der Waals surface area contributed by atoms with Gasteiger partial charge in [-0.15, -0.1) is 11.3 Å². The molecule has 144 valence electrons. The van der Waals surface area contributed by atoms with E-state index >= 15 is 0 Å². The Bertz CT molecular complexity index is 773. The van der Waals surface area contributed by atoms with E-state index in [0.29, 0.717) is 30.5 Å². The molecular formula is C20H23BrN2O3S. The fourth-order valence-corrected chi connectivity index (χ4v) is 4.38. The van der Waals surface area contributed by atoms with Gasteiger partial charge in [-0.25, -0.2) is 0 Å². The molecule has 1 aliphatic rings. The van der Waals surface area contributed by atoms with Gasteiger partial charge in [0, 0.05) is 13.1 Å². The fourth-order valence-electron chi connectivity index (χ4n) is 3.09. The van der Waals surface area contributed by atoms with Gasteiger partial charge in [-0.1, -0.05) is 18.2 Å².